The van der Waals surface area contributed by atoms with Gasteiger partial charge in [0.05, 0.1) is 11.0 Å². The van der Waals surface area contributed by atoms with Gasteiger partial charge in [0, 0.05) is 51.3 Å². The molecule has 2 heterocycles. The summed E-state index contributed by atoms with van der Waals surface area (Å²) < 4.78 is 26.0. The molecule has 170 valence electrons. The van der Waals surface area contributed by atoms with Crippen LogP contribution in [0.25, 0.3) is 11.0 Å². The number of aryl methyl sites for hydroxylation is 1. The number of carbonyl (C=O) groups excluding carboxylic acids is 1. The molecule has 0 atom stereocenters. The van der Waals surface area contributed by atoms with Crippen molar-refractivity contribution in [2.24, 2.45) is 7.05 Å². The predicted molar refractivity (Wildman–Crippen MR) is 124 cm³/mol. The van der Waals surface area contributed by atoms with Gasteiger partial charge in [-0.2, -0.15) is 0 Å². The van der Waals surface area contributed by atoms with E-state index in [2.05, 4.69) is 20.6 Å². The Morgan fingerprint density at radius 3 is 2.67 bits per heavy atom. The smallest absolute Gasteiger partial charge is 0.270 e. The molecule has 4 aromatic rings. The fraction of sp³-hybridized carbons (Fsp3) is 0.208. The van der Waals surface area contributed by atoms with E-state index in [1.807, 2.05) is 29.8 Å². The van der Waals surface area contributed by atoms with Crippen molar-refractivity contribution in [2.75, 3.05) is 25.6 Å². The number of pyridine rings is 1. The summed E-state index contributed by atoms with van der Waals surface area (Å²) in [5, 5.41) is 5.99. The molecule has 2 N–H and O–H groups in total. The monoisotopic (exact) mass is 449 g/mol. The van der Waals surface area contributed by atoms with Crippen molar-refractivity contribution in [3.05, 3.63) is 72.3 Å². The average molecular weight is 449 g/mol. The van der Waals surface area contributed by atoms with Gasteiger partial charge in [0.25, 0.3) is 5.91 Å². The third-order valence-electron chi connectivity index (χ3n) is 4.96. The second-order valence-corrected chi connectivity index (χ2v) is 7.36. The van der Waals surface area contributed by atoms with Crippen molar-refractivity contribution in [3.8, 4) is 11.5 Å². The van der Waals surface area contributed by atoms with Gasteiger partial charge < -0.3 is 24.7 Å². The molecule has 1 amide bonds. The minimum Gasteiger partial charge on any atom is -0.457 e. The molecule has 0 unspecified atom stereocenters. The van der Waals surface area contributed by atoms with E-state index in [9.17, 15) is 9.18 Å². The molecule has 2 aromatic heterocycles. The van der Waals surface area contributed by atoms with Crippen LogP contribution >= 0.6 is 0 Å². The molecule has 0 saturated heterocycles. The lowest BCUT2D eigenvalue weighted by Crippen LogP contribution is -2.26. The molecular formula is C24H24FN5O3. The number of halogens is 1. The van der Waals surface area contributed by atoms with Crippen molar-refractivity contribution in [1.82, 2.24) is 19.9 Å². The fourth-order valence-electron chi connectivity index (χ4n) is 3.26. The number of nitrogens with one attached hydrogen (secondary N) is 2. The second kappa shape index (κ2) is 10.1. The third kappa shape index (κ3) is 5.45. The van der Waals surface area contributed by atoms with Gasteiger partial charge in [0.15, 0.2) is 0 Å². The van der Waals surface area contributed by atoms with Crippen LogP contribution in [0.2, 0.25) is 0 Å². The molecule has 9 heteroatoms. The summed E-state index contributed by atoms with van der Waals surface area (Å²) in [7, 11) is 3.51. The molecule has 0 aliphatic carbocycles. The first kappa shape index (κ1) is 22.2. The number of methoxy groups -OCH3 is 1. The minimum atomic E-state index is -0.296. The van der Waals surface area contributed by atoms with E-state index in [1.54, 1.807) is 31.4 Å². The van der Waals surface area contributed by atoms with Crippen molar-refractivity contribution in [3.63, 3.8) is 0 Å². The molecule has 0 fully saturated rings. The first-order valence-corrected chi connectivity index (χ1v) is 10.4. The Morgan fingerprint density at radius 1 is 1.09 bits per heavy atom. The van der Waals surface area contributed by atoms with Gasteiger partial charge >= 0.3 is 0 Å². The van der Waals surface area contributed by atoms with E-state index in [-0.39, 0.29) is 17.4 Å². The minimum absolute atomic E-state index is 0.270. The van der Waals surface area contributed by atoms with Crippen LogP contribution in [0.3, 0.4) is 0 Å². The zero-order valence-electron chi connectivity index (χ0n) is 18.3. The summed E-state index contributed by atoms with van der Waals surface area (Å²) in [6.07, 6.45) is 2.25. The van der Waals surface area contributed by atoms with E-state index in [0.29, 0.717) is 30.6 Å². The number of rotatable bonds is 9. The van der Waals surface area contributed by atoms with E-state index in [0.717, 1.165) is 23.1 Å². The number of aromatic nitrogens is 3. The van der Waals surface area contributed by atoms with Gasteiger partial charge in [-0.3, -0.25) is 9.78 Å². The number of anilines is 2. The Bertz CT molecular complexity index is 1260. The highest BCUT2D eigenvalue weighted by molar-refractivity contribution is 5.92. The van der Waals surface area contributed by atoms with Gasteiger partial charge in [-0.15, -0.1) is 0 Å². The SMILES string of the molecule is COCCCNC(=O)c1cc(Oc2ccc3c(c2)nc(Nc2ccc(F)cc2)n3C)ccn1. The lowest BCUT2D eigenvalue weighted by Gasteiger charge is -2.08. The van der Waals surface area contributed by atoms with Crippen molar-refractivity contribution < 1.29 is 18.7 Å². The first-order valence-electron chi connectivity index (χ1n) is 10.4. The van der Waals surface area contributed by atoms with Crippen LogP contribution in [0, 0.1) is 5.82 Å². The molecule has 0 spiro atoms. The normalized spacial score (nSPS) is 10.9. The summed E-state index contributed by atoms with van der Waals surface area (Å²) in [5.41, 5.74) is 2.63. The topological polar surface area (TPSA) is 90.3 Å². The molecule has 0 aliphatic heterocycles. The molecule has 0 aliphatic rings. The maximum absolute atomic E-state index is 13.2. The summed E-state index contributed by atoms with van der Waals surface area (Å²) in [6.45, 7) is 1.08. The van der Waals surface area contributed by atoms with Crippen LogP contribution in [0.5, 0.6) is 11.5 Å². The molecule has 33 heavy (non-hydrogen) atoms. The summed E-state index contributed by atoms with van der Waals surface area (Å²) >= 11 is 0. The number of fused-ring (bicyclic) bond motifs is 1. The first-order chi connectivity index (χ1) is 16.0. The van der Waals surface area contributed by atoms with Crippen LogP contribution in [-0.2, 0) is 11.8 Å². The standard InChI is InChI=1S/C24H24FN5O3/c1-30-22-9-8-18(14-20(22)29-24(30)28-17-6-4-16(25)5-7-17)33-19-10-12-26-21(15-19)23(31)27-11-3-13-32-2/h4-10,12,14-15H,3,11,13H2,1-2H3,(H,27,31)(H,28,29). The number of benzene rings is 2. The summed E-state index contributed by atoms with van der Waals surface area (Å²) in [4.78, 5) is 21.0. The van der Waals surface area contributed by atoms with E-state index in [4.69, 9.17) is 9.47 Å². The molecule has 0 bridgehead atoms. The summed E-state index contributed by atoms with van der Waals surface area (Å²) in [5.74, 6) is 1.12. The molecular weight excluding hydrogens is 425 g/mol. The van der Waals surface area contributed by atoms with Gasteiger partial charge in [0.1, 0.15) is 23.0 Å². The maximum Gasteiger partial charge on any atom is 0.270 e. The Kier molecular flexibility index (Phi) is 6.80. The van der Waals surface area contributed by atoms with Crippen LogP contribution < -0.4 is 15.4 Å². The quantitative estimate of drug-likeness (QED) is 0.368. The lowest BCUT2D eigenvalue weighted by atomic mass is 10.3. The number of hydrogen-bond donors (Lipinski definition) is 2. The number of nitrogens with zero attached hydrogens (tertiary/aromatic N) is 3. The number of hydrogen-bond acceptors (Lipinski definition) is 6. The van der Waals surface area contributed by atoms with Crippen molar-refractivity contribution >= 4 is 28.6 Å². The molecule has 0 saturated carbocycles. The number of amides is 1. The Balaban J connectivity index is 1.48. The second-order valence-electron chi connectivity index (χ2n) is 7.36. The van der Waals surface area contributed by atoms with Gasteiger partial charge in [-0.1, -0.05) is 0 Å². The zero-order chi connectivity index (χ0) is 23.2. The van der Waals surface area contributed by atoms with Crippen molar-refractivity contribution in [2.45, 2.75) is 6.42 Å². The van der Waals surface area contributed by atoms with Crippen LogP contribution in [0.4, 0.5) is 16.0 Å². The predicted octanol–water partition coefficient (Wildman–Crippen LogP) is 4.41. The number of carbonyl (C=O) groups is 1. The van der Waals surface area contributed by atoms with Crippen LogP contribution in [0.1, 0.15) is 16.9 Å². The van der Waals surface area contributed by atoms with E-state index >= 15 is 0 Å². The highest BCUT2D eigenvalue weighted by Crippen LogP contribution is 2.28. The Labute approximate surface area is 190 Å². The molecule has 0 radical (unpaired) electrons. The fourth-order valence-corrected chi connectivity index (χ4v) is 3.26. The number of ether oxygens (including phenoxy) is 2. The molecule has 2 aromatic carbocycles. The van der Waals surface area contributed by atoms with E-state index < -0.39 is 0 Å². The van der Waals surface area contributed by atoms with Gasteiger partial charge in [0.2, 0.25) is 5.95 Å². The van der Waals surface area contributed by atoms with Gasteiger partial charge in [-0.05, 0) is 48.9 Å². The van der Waals surface area contributed by atoms with Crippen LogP contribution in [0.15, 0.2) is 60.8 Å². The van der Waals surface area contributed by atoms with E-state index in [1.165, 1.54) is 18.3 Å². The lowest BCUT2D eigenvalue weighted by molar-refractivity contribution is 0.0943. The highest BCUT2D eigenvalue weighted by atomic mass is 19.1. The Hall–Kier alpha value is -3.98. The third-order valence-corrected chi connectivity index (χ3v) is 4.96. The summed E-state index contributed by atoms with van der Waals surface area (Å²) in [6, 6.07) is 14.9. The van der Waals surface area contributed by atoms with Crippen LogP contribution in [-0.4, -0.2) is 40.7 Å². The maximum atomic E-state index is 13.2. The highest BCUT2D eigenvalue weighted by Gasteiger charge is 2.11. The van der Waals surface area contributed by atoms with Gasteiger partial charge in [-0.25, -0.2) is 9.37 Å². The molecule has 4 rings (SSSR count). The van der Waals surface area contributed by atoms with Crippen molar-refractivity contribution in [1.29, 1.82) is 0 Å². The largest absolute Gasteiger partial charge is 0.457 e. The molecule has 8 nitrogen and oxygen atoms in total. The average Bonchev–Trinajstić information content (AvgIpc) is 3.12. The Morgan fingerprint density at radius 2 is 1.88 bits per heavy atom. The number of imidazole rings is 1. The zero-order valence-corrected chi connectivity index (χ0v) is 18.3.